The van der Waals surface area contributed by atoms with E-state index in [1.807, 2.05) is 18.3 Å². The second kappa shape index (κ2) is 5.44. The van der Waals surface area contributed by atoms with Crippen molar-refractivity contribution in [2.75, 3.05) is 0 Å². The SMILES string of the molecule is CCc1cnccc1C(NN)c1occc1Br. The Morgan fingerprint density at radius 3 is 2.94 bits per heavy atom. The summed E-state index contributed by atoms with van der Waals surface area (Å²) in [5.74, 6) is 6.41. The largest absolute Gasteiger partial charge is 0.466 e. The van der Waals surface area contributed by atoms with Gasteiger partial charge in [0.1, 0.15) is 11.8 Å². The molecule has 0 saturated heterocycles. The Labute approximate surface area is 108 Å². The molecule has 0 fully saturated rings. The molecular formula is C12H14BrN3O. The van der Waals surface area contributed by atoms with Crippen LogP contribution >= 0.6 is 15.9 Å². The molecule has 0 bridgehead atoms. The van der Waals surface area contributed by atoms with Crippen LogP contribution in [0.4, 0.5) is 0 Å². The number of nitrogens with one attached hydrogen (secondary N) is 1. The number of halogens is 1. The zero-order chi connectivity index (χ0) is 12.3. The molecule has 0 aromatic carbocycles. The minimum absolute atomic E-state index is 0.169. The number of furan rings is 1. The predicted molar refractivity (Wildman–Crippen MR) is 69.2 cm³/mol. The first kappa shape index (κ1) is 12.3. The first-order valence-corrected chi connectivity index (χ1v) is 6.19. The van der Waals surface area contributed by atoms with Gasteiger partial charge in [-0.05, 0) is 45.6 Å². The Morgan fingerprint density at radius 1 is 1.53 bits per heavy atom. The van der Waals surface area contributed by atoms with Crippen LogP contribution in [0, 0.1) is 0 Å². The van der Waals surface area contributed by atoms with Gasteiger partial charge in [-0.2, -0.15) is 0 Å². The van der Waals surface area contributed by atoms with Crippen LogP contribution in [0.2, 0.25) is 0 Å². The van der Waals surface area contributed by atoms with Crippen LogP contribution in [-0.2, 0) is 6.42 Å². The molecule has 1 atom stereocenters. The van der Waals surface area contributed by atoms with Crippen molar-refractivity contribution in [1.29, 1.82) is 0 Å². The van der Waals surface area contributed by atoms with Gasteiger partial charge in [0.2, 0.25) is 0 Å². The molecule has 0 amide bonds. The van der Waals surface area contributed by atoms with Crippen LogP contribution < -0.4 is 11.3 Å². The van der Waals surface area contributed by atoms with Crippen molar-refractivity contribution >= 4 is 15.9 Å². The number of nitrogens with zero attached hydrogens (tertiary/aromatic N) is 1. The number of pyridine rings is 1. The van der Waals surface area contributed by atoms with Crippen molar-refractivity contribution in [3.8, 4) is 0 Å². The summed E-state index contributed by atoms with van der Waals surface area (Å²) in [4.78, 5) is 4.13. The maximum atomic E-state index is 5.64. The summed E-state index contributed by atoms with van der Waals surface area (Å²) in [6.07, 6.45) is 6.16. The Kier molecular flexibility index (Phi) is 3.93. The minimum Gasteiger partial charge on any atom is -0.466 e. The molecule has 5 heteroatoms. The lowest BCUT2D eigenvalue weighted by Crippen LogP contribution is -2.29. The molecule has 0 radical (unpaired) electrons. The molecule has 2 heterocycles. The molecule has 2 rings (SSSR count). The fourth-order valence-corrected chi connectivity index (χ4v) is 2.26. The molecule has 1 unspecified atom stereocenters. The van der Waals surface area contributed by atoms with E-state index in [1.54, 1.807) is 12.5 Å². The van der Waals surface area contributed by atoms with Crippen LogP contribution in [0.15, 0.2) is 39.7 Å². The maximum Gasteiger partial charge on any atom is 0.140 e. The van der Waals surface area contributed by atoms with Crippen molar-refractivity contribution in [3.63, 3.8) is 0 Å². The third kappa shape index (κ3) is 2.41. The van der Waals surface area contributed by atoms with Crippen LogP contribution in [0.25, 0.3) is 0 Å². The zero-order valence-corrected chi connectivity index (χ0v) is 11.1. The molecule has 0 aliphatic heterocycles. The molecule has 0 aliphatic rings. The zero-order valence-electron chi connectivity index (χ0n) is 9.48. The van der Waals surface area contributed by atoms with E-state index in [-0.39, 0.29) is 6.04 Å². The molecule has 0 saturated carbocycles. The van der Waals surface area contributed by atoms with E-state index < -0.39 is 0 Å². The number of hydrogen-bond donors (Lipinski definition) is 2. The van der Waals surface area contributed by atoms with Gasteiger partial charge in [-0.1, -0.05) is 6.92 Å². The lowest BCUT2D eigenvalue weighted by atomic mass is 9.99. The van der Waals surface area contributed by atoms with E-state index >= 15 is 0 Å². The first-order chi connectivity index (χ1) is 8.27. The number of hydrazine groups is 1. The number of aryl methyl sites for hydroxylation is 1. The summed E-state index contributed by atoms with van der Waals surface area (Å²) in [7, 11) is 0. The summed E-state index contributed by atoms with van der Waals surface area (Å²) < 4.78 is 6.36. The van der Waals surface area contributed by atoms with E-state index in [2.05, 4.69) is 33.3 Å². The number of hydrogen-bond acceptors (Lipinski definition) is 4. The van der Waals surface area contributed by atoms with Crippen LogP contribution in [-0.4, -0.2) is 4.98 Å². The molecule has 17 heavy (non-hydrogen) atoms. The molecule has 2 aromatic heterocycles. The fraction of sp³-hybridized carbons (Fsp3) is 0.250. The smallest absolute Gasteiger partial charge is 0.140 e. The van der Waals surface area contributed by atoms with Crippen molar-refractivity contribution in [2.45, 2.75) is 19.4 Å². The first-order valence-electron chi connectivity index (χ1n) is 5.39. The Hall–Kier alpha value is -1.17. The van der Waals surface area contributed by atoms with Crippen LogP contribution in [0.1, 0.15) is 29.9 Å². The van der Waals surface area contributed by atoms with Gasteiger partial charge < -0.3 is 4.42 Å². The normalized spacial score (nSPS) is 12.6. The minimum atomic E-state index is -0.169. The highest BCUT2D eigenvalue weighted by Crippen LogP contribution is 2.30. The summed E-state index contributed by atoms with van der Waals surface area (Å²) in [5.41, 5.74) is 5.02. The Morgan fingerprint density at radius 2 is 2.35 bits per heavy atom. The Bertz CT molecular complexity index is 498. The van der Waals surface area contributed by atoms with Gasteiger partial charge in [-0.15, -0.1) is 0 Å². The molecular weight excluding hydrogens is 282 g/mol. The monoisotopic (exact) mass is 295 g/mol. The second-order valence-electron chi connectivity index (χ2n) is 3.66. The quantitative estimate of drug-likeness (QED) is 0.672. The van der Waals surface area contributed by atoms with Crippen LogP contribution in [0.5, 0.6) is 0 Å². The fourth-order valence-electron chi connectivity index (χ4n) is 1.83. The molecule has 0 spiro atoms. The molecule has 3 N–H and O–H groups in total. The predicted octanol–water partition coefficient (Wildman–Crippen LogP) is 2.55. The number of nitrogens with two attached hydrogens (primary N) is 1. The molecule has 2 aromatic rings. The number of rotatable bonds is 4. The van der Waals surface area contributed by atoms with E-state index in [0.29, 0.717) is 0 Å². The third-order valence-electron chi connectivity index (χ3n) is 2.71. The van der Waals surface area contributed by atoms with Gasteiger partial charge in [-0.3, -0.25) is 10.8 Å². The van der Waals surface area contributed by atoms with E-state index in [4.69, 9.17) is 10.3 Å². The van der Waals surface area contributed by atoms with Gasteiger partial charge in [0, 0.05) is 12.4 Å². The van der Waals surface area contributed by atoms with E-state index in [9.17, 15) is 0 Å². The Balaban J connectivity index is 2.46. The van der Waals surface area contributed by atoms with E-state index in [0.717, 1.165) is 27.8 Å². The topological polar surface area (TPSA) is 64.1 Å². The van der Waals surface area contributed by atoms with Crippen LogP contribution in [0.3, 0.4) is 0 Å². The average Bonchev–Trinajstić information content (AvgIpc) is 2.78. The highest BCUT2D eigenvalue weighted by molar-refractivity contribution is 9.10. The van der Waals surface area contributed by atoms with Crippen molar-refractivity contribution < 1.29 is 4.42 Å². The van der Waals surface area contributed by atoms with Crippen molar-refractivity contribution in [3.05, 3.63) is 52.1 Å². The molecule has 0 aliphatic carbocycles. The van der Waals surface area contributed by atoms with Gasteiger partial charge in [0.05, 0.1) is 10.7 Å². The molecule has 4 nitrogen and oxygen atoms in total. The lowest BCUT2D eigenvalue weighted by molar-refractivity contribution is 0.448. The maximum absolute atomic E-state index is 5.64. The van der Waals surface area contributed by atoms with Gasteiger partial charge in [0.15, 0.2) is 0 Å². The highest BCUT2D eigenvalue weighted by Gasteiger charge is 2.20. The average molecular weight is 296 g/mol. The van der Waals surface area contributed by atoms with Crippen molar-refractivity contribution in [2.24, 2.45) is 5.84 Å². The molecule has 90 valence electrons. The van der Waals surface area contributed by atoms with Gasteiger partial charge >= 0.3 is 0 Å². The van der Waals surface area contributed by atoms with Crippen molar-refractivity contribution in [1.82, 2.24) is 10.4 Å². The summed E-state index contributed by atoms with van der Waals surface area (Å²) >= 11 is 3.45. The summed E-state index contributed by atoms with van der Waals surface area (Å²) in [6, 6.07) is 3.64. The van der Waals surface area contributed by atoms with E-state index in [1.165, 1.54) is 0 Å². The second-order valence-corrected chi connectivity index (χ2v) is 4.51. The van der Waals surface area contributed by atoms with Gasteiger partial charge in [-0.25, -0.2) is 5.43 Å². The standard InChI is InChI=1S/C12H14BrN3O/c1-2-8-7-15-5-3-9(8)11(16-14)12-10(13)4-6-17-12/h3-7,11,16H,2,14H2,1H3. The highest BCUT2D eigenvalue weighted by atomic mass is 79.9. The number of aromatic nitrogens is 1. The summed E-state index contributed by atoms with van der Waals surface area (Å²) in [6.45, 7) is 2.09. The third-order valence-corrected chi connectivity index (χ3v) is 3.36. The lowest BCUT2D eigenvalue weighted by Gasteiger charge is -2.17. The van der Waals surface area contributed by atoms with Gasteiger partial charge in [0.25, 0.3) is 0 Å². The summed E-state index contributed by atoms with van der Waals surface area (Å²) in [5, 5.41) is 0.